The standard InChI is InChI=1S/C22H18N2O4S.C17H14N2O3.2C15H12N2O2.C14H9ClN2O2/c1-15-3-6-20(7-4-15)29(26,27)24-10-9-17-12-18(5-8-21(17)24)22(25)28-19-11-16(2)13-23-14-19;1-11-7-15(10-18-9-11)22-17(21)14-3-4-16-13(8-14)5-6-19(16)12(2)20;1-10-6-13(9-16-8-10)19-15(18)12-2-3-14-11(7-12)4-5-17-14;1-10-6-13(9-16-8-10)19-15(18)12-3-2-11-4-5-17-14(11)7-12;15-9-6-10(8-16-7-9)19-14(18)12-2-1-3-13-11(12)4-5-17-13/h3-14H,1-2H3;3-10H,1-2H3;2*2-9,17H,1H3;1-8,17H. The van der Waals surface area contributed by atoms with Gasteiger partial charge in [-0.1, -0.05) is 41.4 Å². The zero-order valence-electron chi connectivity index (χ0n) is 58.6. The number of hydrogen-bond donors (Lipinski definition) is 3. The number of halogens is 1. The van der Waals surface area contributed by atoms with Gasteiger partial charge in [0.25, 0.3) is 10.0 Å². The largest absolute Gasteiger partial charge is 0.421 e. The summed E-state index contributed by atoms with van der Waals surface area (Å²) < 4.78 is 55.2. The molecule has 16 rings (SSSR count). The van der Waals surface area contributed by atoms with Gasteiger partial charge in [-0.05, 0) is 208 Å². The lowest BCUT2D eigenvalue weighted by Gasteiger charge is -2.09. The van der Waals surface area contributed by atoms with Crippen LogP contribution in [0.25, 0.3) is 54.5 Å². The molecule has 0 aliphatic heterocycles. The number of hydrogen-bond acceptors (Lipinski definition) is 18. The third-order valence-corrected chi connectivity index (χ3v) is 18.2. The number of fused-ring (bicyclic) bond motifs is 5. The van der Waals surface area contributed by atoms with Crippen LogP contribution in [-0.4, -0.2) is 92.6 Å². The molecule has 10 aromatic heterocycles. The van der Waals surface area contributed by atoms with E-state index in [2.05, 4.69) is 39.9 Å². The van der Waals surface area contributed by atoms with Crippen molar-refractivity contribution in [3.8, 4) is 28.7 Å². The normalized spacial score (nSPS) is 10.8. The van der Waals surface area contributed by atoms with Crippen molar-refractivity contribution in [1.29, 1.82) is 0 Å². The fourth-order valence-corrected chi connectivity index (χ4v) is 12.6. The van der Waals surface area contributed by atoms with E-state index in [1.54, 1.807) is 177 Å². The Labute approximate surface area is 622 Å². The molecule has 0 bridgehead atoms. The molecular weight excluding hydrogens is 1410 g/mol. The quantitative estimate of drug-likeness (QED) is 0.0957. The molecule has 0 aliphatic rings. The summed E-state index contributed by atoms with van der Waals surface area (Å²) in [5.41, 5.74) is 11.0. The number of esters is 5. The van der Waals surface area contributed by atoms with Gasteiger partial charge < -0.3 is 38.6 Å². The highest BCUT2D eigenvalue weighted by atomic mass is 35.5. The van der Waals surface area contributed by atoms with E-state index < -0.39 is 27.9 Å². The van der Waals surface area contributed by atoms with E-state index in [1.165, 1.54) is 58.8 Å². The van der Waals surface area contributed by atoms with Crippen molar-refractivity contribution in [2.45, 2.75) is 46.4 Å². The maximum absolute atomic E-state index is 13.0. The molecule has 0 aliphatic carbocycles. The molecule has 538 valence electrons. The third-order valence-electron chi connectivity index (χ3n) is 16.3. The highest BCUT2D eigenvalue weighted by molar-refractivity contribution is 7.90. The van der Waals surface area contributed by atoms with Crippen LogP contribution in [0, 0.1) is 34.6 Å². The van der Waals surface area contributed by atoms with Crippen molar-refractivity contribution in [3.63, 3.8) is 0 Å². The number of nitrogens with zero attached hydrogens (tertiary/aromatic N) is 7. The molecule has 0 radical (unpaired) electrons. The lowest BCUT2D eigenvalue weighted by molar-refractivity contribution is 0.0724. The van der Waals surface area contributed by atoms with Crippen LogP contribution in [0.3, 0.4) is 0 Å². The summed E-state index contributed by atoms with van der Waals surface area (Å²) in [6.07, 6.45) is 24.3. The van der Waals surface area contributed by atoms with Gasteiger partial charge in [0.05, 0.1) is 79.8 Å². The second-order valence-electron chi connectivity index (χ2n) is 24.6. The molecule has 0 saturated carbocycles. The Morgan fingerprint density at radius 3 is 1.34 bits per heavy atom. The predicted molar refractivity (Wildman–Crippen MR) is 409 cm³/mol. The summed E-state index contributed by atoms with van der Waals surface area (Å²) in [5, 5.41) is 4.72. The van der Waals surface area contributed by atoms with Crippen molar-refractivity contribution >= 4 is 112 Å². The zero-order valence-corrected chi connectivity index (χ0v) is 60.2. The molecule has 0 unspecified atom stereocenters. The highest BCUT2D eigenvalue weighted by Crippen LogP contribution is 2.28. The minimum atomic E-state index is -3.73. The van der Waals surface area contributed by atoms with Gasteiger partial charge in [0.15, 0.2) is 5.75 Å². The number of benzene rings is 6. The van der Waals surface area contributed by atoms with E-state index in [0.717, 1.165) is 71.4 Å². The van der Waals surface area contributed by atoms with Crippen LogP contribution in [0.2, 0.25) is 5.02 Å². The van der Waals surface area contributed by atoms with Gasteiger partial charge in [-0.2, -0.15) is 0 Å². The summed E-state index contributed by atoms with van der Waals surface area (Å²) in [5.74, 6) is -0.259. The van der Waals surface area contributed by atoms with E-state index >= 15 is 0 Å². The monoisotopic (exact) mass is 1480 g/mol. The third kappa shape index (κ3) is 18.3. The van der Waals surface area contributed by atoms with Crippen molar-refractivity contribution in [3.05, 3.63) is 330 Å². The zero-order chi connectivity index (χ0) is 76.0. The first-order chi connectivity index (χ1) is 52.1. The van der Waals surface area contributed by atoms with Crippen molar-refractivity contribution in [2.75, 3.05) is 0 Å². The Bertz CT molecular complexity index is 6030. The van der Waals surface area contributed by atoms with Gasteiger partial charge >= 0.3 is 29.8 Å². The fourth-order valence-electron chi connectivity index (χ4n) is 11.0. The van der Waals surface area contributed by atoms with Gasteiger partial charge in [-0.3, -0.25) is 34.3 Å². The second kappa shape index (κ2) is 33.2. The van der Waals surface area contributed by atoms with Crippen molar-refractivity contribution < 1.29 is 60.9 Å². The predicted octanol–water partition coefficient (Wildman–Crippen LogP) is 16.9. The van der Waals surface area contributed by atoms with E-state index in [4.69, 9.17) is 35.3 Å². The molecule has 10 heterocycles. The number of aromatic amines is 3. The SMILES string of the molecule is CC(=O)n1ccc2cc(C(=O)Oc3cncc(C)c3)ccc21.Cc1ccc(S(=O)(=O)n2ccc3cc(C(=O)Oc4cncc(C)c4)ccc32)cc1.Cc1cncc(OC(=O)c2ccc3[nH]ccc3c2)c1.Cc1cncc(OC(=O)c2ccc3cc[nH]c3c2)c1.O=C(Oc1cncc(Cl)c1)c1cccc2[nH]ccc12. The Kier molecular flexibility index (Phi) is 22.7. The number of carbonyl (C=O) groups excluding carboxylic acids is 6. The minimum absolute atomic E-state index is 0.0730. The molecular formula is C83H65ClN10O13S. The van der Waals surface area contributed by atoms with E-state index in [1.807, 2.05) is 83.4 Å². The number of aromatic nitrogens is 10. The maximum atomic E-state index is 13.0. The average molecular weight is 1480 g/mol. The first-order valence-electron chi connectivity index (χ1n) is 33.2. The number of carbonyl (C=O) groups is 6. The number of aryl methyl sites for hydroxylation is 5. The molecule has 6 aromatic carbocycles. The Morgan fingerprint density at radius 1 is 0.370 bits per heavy atom. The molecule has 3 N–H and O–H groups in total. The number of rotatable bonds is 12. The molecule has 0 amide bonds. The Balaban J connectivity index is 0.000000127. The van der Waals surface area contributed by atoms with Crippen molar-refractivity contribution in [2.24, 2.45) is 0 Å². The maximum Gasteiger partial charge on any atom is 0.344 e. The summed E-state index contributed by atoms with van der Waals surface area (Å²) in [7, 11) is -3.73. The number of nitrogens with one attached hydrogen (secondary N) is 3. The van der Waals surface area contributed by atoms with Gasteiger partial charge in [0.2, 0.25) is 5.91 Å². The second-order valence-corrected chi connectivity index (χ2v) is 26.8. The average Bonchev–Trinajstić information content (AvgIpc) is 1.54. The first-order valence-corrected chi connectivity index (χ1v) is 35.0. The molecule has 25 heteroatoms. The van der Waals surface area contributed by atoms with E-state index in [-0.39, 0.29) is 22.7 Å². The minimum Gasteiger partial charge on any atom is -0.421 e. The fraction of sp³-hybridized carbons (Fsp3) is 0.0723. The molecule has 23 nitrogen and oxygen atoms in total. The van der Waals surface area contributed by atoms with Crippen LogP contribution in [0.5, 0.6) is 28.7 Å². The van der Waals surface area contributed by atoms with Gasteiger partial charge in [-0.25, -0.2) is 36.4 Å². The van der Waals surface area contributed by atoms with Crippen LogP contribution in [0.1, 0.15) is 91.3 Å². The van der Waals surface area contributed by atoms with E-state index in [9.17, 15) is 37.2 Å². The van der Waals surface area contributed by atoms with Crippen LogP contribution in [-0.2, 0) is 10.0 Å². The first kappa shape index (κ1) is 73.8. The summed E-state index contributed by atoms with van der Waals surface area (Å²) in [6, 6.07) is 50.5. The molecule has 108 heavy (non-hydrogen) atoms. The Hall–Kier alpha value is -14.0. The van der Waals surface area contributed by atoms with Crippen LogP contribution in [0.15, 0.2) is 274 Å². The lowest BCUT2D eigenvalue weighted by Crippen LogP contribution is -2.12. The summed E-state index contributed by atoms with van der Waals surface area (Å²) >= 11 is 5.79. The summed E-state index contributed by atoms with van der Waals surface area (Å²) in [4.78, 5) is 102. The molecule has 0 spiro atoms. The Morgan fingerprint density at radius 2 is 0.806 bits per heavy atom. The van der Waals surface area contributed by atoms with Crippen molar-refractivity contribution in [1.82, 2.24) is 48.4 Å². The van der Waals surface area contributed by atoms with Gasteiger partial charge in [0, 0.05) is 113 Å². The molecule has 16 aromatic rings. The van der Waals surface area contributed by atoms with Crippen LogP contribution in [0.4, 0.5) is 0 Å². The highest BCUT2D eigenvalue weighted by Gasteiger charge is 2.22. The van der Waals surface area contributed by atoms with Crippen LogP contribution < -0.4 is 23.7 Å². The number of pyridine rings is 5. The number of ether oxygens (including phenoxy) is 5. The smallest absolute Gasteiger partial charge is 0.344 e. The number of H-pyrrole nitrogens is 3. The van der Waals surface area contributed by atoms with Crippen LogP contribution >= 0.6 is 11.6 Å². The van der Waals surface area contributed by atoms with Gasteiger partial charge in [0.1, 0.15) is 23.0 Å². The van der Waals surface area contributed by atoms with Gasteiger partial charge in [-0.15, -0.1) is 0 Å². The molecule has 0 fully saturated rings. The summed E-state index contributed by atoms with van der Waals surface area (Å²) in [6.45, 7) is 10.9. The lowest BCUT2D eigenvalue weighted by atomic mass is 10.1. The topological polar surface area (TPSA) is 304 Å². The van der Waals surface area contributed by atoms with E-state index in [0.29, 0.717) is 72.5 Å². The molecule has 0 saturated heterocycles. The molecule has 0 atom stereocenters.